The van der Waals surface area contributed by atoms with Crippen molar-refractivity contribution >= 4 is 27.5 Å². The van der Waals surface area contributed by atoms with E-state index in [2.05, 4.69) is 5.32 Å². The lowest BCUT2D eigenvalue weighted by atomic mass is 10.0. The number of anilines is 1. The smallest absolute Gasteiger partial charge is 0.264 e. The van der Waals surface area contributed by atoms with Gasteiger partial charge in [0.05, 0.1) is 10.6 Å². The van der Waals surface area contributed by atoms with Crippen molar-refractivity contribution in [3.05, 3.63) is 131 Å². The van der Waals surface area contributed by atoms with Crippen LogP contribution in [0.15, 0.2) is 108 Å². The molecule has 2 amide bonds. The van der Waals surface area contributed by atoms with Gasteiger partial charge in [0.15, 0.2) is 0 Å². The number of carbonyl (C=O) groups is 2. The molecule has 0 heterocycles. The van der Waals surface area contributed by atoms with Crippen LogP contribution in [0.4, 0.5) is 5.69 Å². The van der Waals surface area contributed by atoms with Gasteiger partial charge in [0.25, 0.3) is 10.0 Å². The van der Waals surface area contributed by atoms with Crippen LogP contribution in [0.25, 0.3) is 0 Å². The van der Waals surface area contributed by atoms with Gasteiger partial charge in [-0.2, -0.15) is 0 Å². The summed E-state index contributed by atoms with van der Waals surface area (Å²) in [7, 11) is -4.14. The summed E-state index contributed by atoms with van der Waals surface area (Å²) in [4.78, 5) is 30.1. The number of benzene rings is 4. The molecule has 0 radical (unpaired) electrons. The monoisotopic (exact) mass is 625 g/mol. The fourth-order valence-corrected chi connectivity index (χ4v) is 6.70. The molecule has 4 aromatic rings. The molecule has 236 valence electrons. The van der Waals surface area contributed by atoms with Gasteiger partial charge >= 0.3 is 0 Å². The van der Waals surface area contributed by atoms with Gasteiger partial charge in [-0.05, 0) is 69.0 Å². The average Bonchev–Trinajstić information content (AvgIpc) is 3.03. The maximum Gasteiger partial charge on any atom is 0.264 e. The van der Waals surface area contributed by atoms with Crippen LogP contribution >= 0.6 is 0 Å². The second-order valence-electron chi connectivity index (χ2n) is 11.6. The van der Waals surface area contributed by atoms with Crippen LogP contribution in [0.2, 0.25) is 0 Å². The predicted octanol–water partition coefficient (Wildman–Crippen LogP) is 6.36. The average molecular weight is 626 g/mol. The van der Waals surface area contributed by atoms with Crippen molar-refractivity contribution in [2.24, 2.45) is 0 Å². The first-order chi connectivity index (χ1) is 21.5. The molecule has 4 rings (SSSR count). The summed E-state index contributed by atoms with van der Waals surface area (Å²) >= 11 is 0. The number of nitrogens with one attached hydrogen (secondary N) is 1. The molecule has 0 saturated heterocycles. The maximum atomic E-state index is 14.6. The second kappa shape index (κ2) is 15.0. The number of rotatable bonds is 13. The number of hydrogen-bond donors (Lipinski definition) is 1. The highest BCUT2D eigenvalue weighted by Crippen LogP contribution is 2.28. The molecule has 7 nitrogen and oxygen atoms in total. The van der Waals surface area contributed by atoms with Crippen molar-refractivity contribution in [1.29, 1.82) is 0 Å². The SMILES string of the molecule is CC[C@H](C)NC(=O)[C@@H](Cc1ccccc1)N(Cc1ccc(C)cc1)C(=O)CN(c1ccc(C)cc1C)S(=O)(=O)c1ccccc1. The van der Waals surface area contributed by atoms with Crippen molar-refractivity contribution in [3.8, 4) is 0 Å². The standard InChI is InChI=1S/C37H43N3O4S/c1-6-30(5)38-37(42)35(24-31-13-9-7-10-14-31)39(25-32-20-17-27(2)18-21-32)36(41)26-40(34-22-19-28(3)23-29(34)4)45(43,44)33-15-11-8-12-16-33/h7-23,30,35H,6,24-26H2,1-5H3,(H,38,42)/t30-,35+/m0/s1. The second-order valence-corrected chi connectivity index (χ2v) is 13.5. The van der Waals surface area contributed by atoms with Crippen molar-refractivity contribution in [3.63, 3.8) is 0 Å². The summed E-state index contributed by atoms with van der Waals surface area (Å²) in [6, 6.07) is 30.0. The molecule has 0 aromatic heterocycles. The molecule has 4 aromatic carbocycles. The quantitative estimate of drug-likeness (QED) is 0.187. The Labute approximate surface area is 268 Å². The summed E-state index contributed by atoms with van der Waals surface area (Å²) in [6.45, 7) is 9.33. The van der Waals surface area contributed by atoms with Crippen molar-refractivity contribution in [2.75, 3.05) is 10.8 Å². The Balaban J connectivity index is 1.82. The van der Waals surface area contributed by atoms with Crippen molar-refractivity contribution < 1.29 is 18.0 Å². The number of hydrogen-bond acceptors (Lipinski definition) is 4. The zero-order chi connectivity index (χ0) is 32.6. The van der Waals surface area contributed by atoms with Gasteiger partial charge in [0.2, 0.25) is 11.8 Å². The van der Waals surface area contributed by atoms with E-state index in [-0.39, 0.29) is 29.8 Å². The van der Waals surface area contributed by atoms with E-state index >= 15 is 0 Å². The number of carbonyl (C=O) groups excluding carboxylic acids is 2. The summed E-state index contributed by atoms with van der Waals surface area (Å²) < 4.78 is 29.5. The van der Waals surface area contributed by atoms with Gasteiger partial charge in [0, 0.05) is 19.0 Å². The summed E-state index contributed by atoms with van der Waals surface area (Å²) in [6.07, 6.45) is 1.00. The number of nitrogens with zero attached hydrogens (tertiary/aromatic N) is 2. The Kier molecular flexibility index (Phi) is 11.2. The van der Waals surface area contributed by atoms with Crippen LogP contribution in [0.1, 0.15) is 48.1 Å². The molecule has 2 atom stereocenters. The lowest BCUT2D eigenvalue weighted by Gasteiger charge is -2.34. The topological polar surface area (TPSA) is 86.8 Å². The van der Waals surface area contributed by atoms with E-state index in [0.29, 0.717) is 5.69 Å². The molecule has 1 N–H and O–H groups in total. The van der Waals surface area contributed by atoms with Gasteiger partial charge in [-0.25, -0.2) is 8.42 Å². The molecule has 0 unspecified atom stereocenters. The number of sulfonamides is 1. The summed E-state index contributed by atoms with van der Waals surface area (Å²) in [5.41, 5.74) is 4.92. The first-order valence-corrected chi connectivity index (χ1v) is 16.8. The normalized spacial score (nSPS) is 12.6. The van der Waals surface area contributed by atoms with Gasteiger partial charge in [-0.15, -0.1) is 0 Å². The molecule has 0 aliphatic heterocycles. The molecule has 0 saturated carbocycles. The molecular weight excluding hydrogens is 582 g/mol. The van der Waals surface area contributed by atoms with E-state index in [1.54, 1.807) is 24.3 Å². The third-order valence-electron chi connectivity index (χ3n) is 7.98. The van der Waals surface area contributed by atoms with Crippen molar-refractivity contribution in [1.82, 2.24) is 10.2 Å². The van der Waals surface area contributed by atoms with Crippen LogP contribution in [-0.2, 0) is 32.6 Å². The highest BCUT2D eigenvalue weighted by atomic mass is 32.2. The third-order valence-corrected chi connectivity index (χ3v) is 9.75. The first-order valence-electron chi connectivity index (χ1n) is 15.3. The maximum absolute atomic E-state index is 14.6. The van der Waals surface area contributed by atoms with E-state index in [9.17, 15) is 18.0 Å². The van der Waals surface area contributed by atoms with Crippen LogP contribution in [0, 0.1) is 20.8 Å². The third kappa shape index (κ3) is 8.60. The van der Waals surface area contributed by atoms with E-state index < -0.39 is 28.5 Å². The number of amides is 2. The van der Waals surface area contributed by atoms with Gasteiger partial charge in [-0.3, -0.25) is 13.9 Å². The molecule has 0 fully saturated rings. The van der Waals surface area contributed by atoms with E-state index in [1.807, 2.05) is 101 Å². The Bertz CT molecular complexity index is 1690. The van der Waals surface area contributed by atoms with Crippen molar-refractivity contribution in [2.45, 2.75) is 71.0 Å². The largest absolute Gasteiger partial charge is 0.352 e. The molecule has 0 spiro atoms. The first kappa shape index (κ1) is 33.5. The van der Waals surface area contributed by atoms with Gasteiger partial charge in [-0.1, -0.05) is 103 Å². The minimum atomic E-state index is -4.14. The molecule has 0 aliphatic rings. The van der Waals surface area contributed by atoms with E-state index in [4.69, 9.17) is 0 Å². The Morgan fingerprint density at radius 3 is 1.98 bits per heavy atom. The molecular formula is C37H43N3O4S. The zero-order valence-corrected chi connectivity index (χ0v) is 27.6. The summed E-state index contributed by atoms with van der Waals surface area (Å²) in [5, 5.41) is 3.07. The Hall–Kier alpha value is -4.43. The van der Waals surface area contributed by atoms with E-state index in [0.717, 1.165) is 34.2 Å². The van der Waals surface area contributed by atoms with Crippen LogP contribution in [-0.4, -0.2) is 43.8 Å². The van der Waals surface area contributed by atoms with Crippen LogP contribution < -0.4 is 9.62 Å². The molecule has 8 heteroatoms. The zero-order valence-electron chi connectivity index (χ0n) is 26.7. The highest BCUT2D eigenvalue weighted by molar-refractivity contribution is 7.92. The predicted molar refractivity (Wildman–Crippen MR) is 180 cm³/mol. The minimum Gasteiger partial charge on any atom is -0.352 e. The highest BCUT2D eigenvalue weighted by Gasteiger charge is 2.35. The van der Waals surface area contributed by atoms with Crippen LogP contribution in [0.5, 0.6) is 0 Å². The lowest BCUT2D eigenvalue weighted by Crippen LogP contribution is -2.54. The van der Waals surface area contributed by atoms with Gasteiger partial charge < -0.3 is 10.2 Å². The molecule has 0 bridgehead atoms. The molecule has 45 heavy (non-hydrogen) atoms. The lowest BCUT2D eigenvalue weighted by molar-refractivity contribution is -0.140. The number of aryl methyl sites for hydroxylation is 3. The Morgan fingerprint density at radius 2 is 1.38 bits per heavy atom. The van der Waals surface area contributed by atoms with Crippen LogP contribution in [0.3, 0.4) is 0 Å². The Morgan fingerprint density at radius 1 is 0.778 bits per heavy atom. The van der Waals surface area contributed by atoms with E-state index in [1.165, 1.54) is 21.3 Å². The minimum absolute atomic E-state index is 0.0817. The fraction of sp³-hybridized carbons (Fsp3) is 0.297. The van der Waals surface area contributed by atoms with Gasteiger partial charge in [0.1, 0.15) is 12.6 Å². The summed E-state index contributed by atoms with van der Waals surface area (Å²) in [5.74, 6) is -0.757. The fourth-order valence-electron chi connectivity index (χ4n) is 5.20. The molecule has 0 aliphatic carbocycles.